The van der Waals surface area contributed by atoms with Gasteiger partial charge in [0.1, 0.15) is 0 Å². The second-order valence-corrected chi connectivity index (χ2v) is 6.43. The van der Waals surface area contributed by atoms with Crippen LogP contribution in [0.3, 0.4) is 0 Å². The molecule has 2 atom stereocenters. The summed E-state index contributed by atoms with van der Waals surface area (Å²) in [7, 11) is 0. The Morgan fingerprint density at radius 3 is 2.41 bits per heavy atom. The number of amides is 1. The Morgan fingerprint density at radius 2 is 1.77 bits per heavy atom. The summed E-state index contributed by atoms with van der Waals surface area (Å²) in [4.78, 5) is 14.7. The van der Waals surface area contributed by atoms with Gasteiger partial charge in [0.05, 0.1) is 0 Å². The van der Waals surface area contributed by atoms with Gasteiger partial charge in [-0.15, -0.1) is 0 Å². The Morgan fingerprint density at radius 1 is 1.14 bits per heavy atom. The van der Waals surface area contributed by atoms with E-state index >= 15 is 0 Å². The highest BCUT2D eigenvalue weighted by Crippen LogP contribution is 2.29. The van der Waals surface area contributed by atoms with Crippen molar-refractivity contribution in [3.63, 3.8) is 0 Å². The van der Waals surface area contributed by atoms with Crippen LogP contribution in [-0.4, -0.2) is 28.0 Å². The van der Waals surface area contributed by atoms with Crippen LogP contribution in [0.4, 0.5) is 0 Å². The first-order valence-corrected chi connectivity index (χ1v) is 7.91. The van der Waals surface area contributed by atoms with Gasteiger partial charge in [-0.05, 0) is 32.6 Å². The maximum atomic E-state index is 12.8. The van der Waals surface area contributed by atoms with Crippen molar-refractivity contribution < 1.29 is 9.32 Å². The molecule has 1 saturated heterocycles. The maximum Gasteiger partial charge on any atom is 0.276 e. The number of benzene rings is 1. The van der Waals surface area contributed by atoms with Crippen LogP contribution >= 0.6 is 0 Å². The number of hydrogen-bond donors (Lipinski definition) is 0. The zero-order valence-electron chi connectivity index (χ0n) is 13.3. The van der Waals surface area contributed by atoms with E-state index < -0.39 is 0 Å². The average Bonchev–Trinajstić information content (AvgIpc) is 2.97. The molecule has 0 radical (unpaired) electrons. The molecule has 4 nitrogen and oxygen atoms in total. The Hall–Kier alpha value is -2.10. The SMILES string of the molecule is CC1C[C@@H](C)N(C(=O)c2cc(-c3ccccc3)on2)[C@H](C)C1. The summed E-state index contributed by atoms with van der Waals surface area (Å²) in [6.45, 7) is 6.48. The van der Waals surface area contributed by atoms with Gasteiger partial charge in [0.2, 0.25) is 0 Å². The highest BCUT2D eigenvalue weighted by Gasteiger charge is 2.34. The second-order valence-electron chi connectivity index (χ2n) is 6.43. The summed E-state index contributed by atoms with van der Waals surface area (Å²) in [6, 6.07) is 11.9. The van der Waals surface area contributed by atoms with E-state index in [9.17, 15) is 4.79 Å². The van der Waals surface area contributed by atoms with E-state index in [2.05, 4.69) is 25.9 Å². The molecule has 1 amide bonds. The Bertz CT molecular complexity index is 638. The minimum absolute atomic E-state index is 0.0298. The Kier molecular flexibility index (Phi) is 4.01. The average molecular weight is 298 g/mol. The zero-order valence-corrected chi connectivity index (χ0v) is 13.3. The van der Waals surface area contributed by atoms with Crippen LogP contribution in [0.1, 0.15) is 44.1 Å². The van der Waals surface area contributed by atoms with E-state index in [1.165, 1.54) is 0 Å². The normalized spacial score (nSPS) is 25.2. The number of carbonyl (C=O) groups is 1. The lowest BCUT2D eigenvalue weighted by Crippen LogP contribution is -2.49. The number of piperidine rings is 1. The third-order valence-electron chi connectivity index (χ3n) is 4.46. The molecule has 1 aliphatic heterocycles. The van der Waals surface area contributed by atoms with Crippen molar-refractivity contribution >= 4 is 5.91 Å². The number of hydrogen-bond acceptors (Lipinski definition) is 3. The number of rotatable bonds is 2. The quantitative estimate of drug-likeness (QED) is 0.842. The fourth-order valence-corrected chi connectivity index (χ4v) is 3.57. The molecule has 4 heteroatoms. The van der Waals surface area contributed by atoms with Crippen molar-refractivity contribution in [3.8, 4) is 11.3 Å². The monoisotopic (exact) mass is 298 g/mol. The molecule has 3 rings (SSSR count). The van der Waals surface area contributed by atoms with Crippen LogP contribution in [-0.2, 0) is 0 Å². The molecule has 0 unspecified atom stereocenters. The maximum absolute atomic E-state index is 12.8. The van der Waals surface area contributed by atoms with E-state index in [0.717, 1.165) is 18.4 Å². The van der Waals surface area contributed by atoms with Crippen LogP contribution in [0.2, 0.25) is 0 Å². The summed E-state index contributed by atoms with van der Waals surface area (Å²) in [6.07, 6.45) is 2.08. The minimum Gasteiger partial charge on any atom is -0.355 e. The van der Waals surface area contributed by atoms with Gasteiger partial charge in [0.15, 0.2) is 11.5 Å². The molecule has 0 spiro atoms. The predicted molar refractivity (Wildman–Crippen MR) is 85.4 cm³/mol. The molecule has 1 fully saturated rings. The molecule has 0 aliphatic carbocycles. The van der Waals surface area contributed by atoms with Gasteiger partial charge in [-0.1, -0.05) is 42.4 Å². The van der Waals surface area contributed by atoms with Gasteiger partial charge in [-0.3, -0.25) is 4.79 Å². The van der Waals surface area contributed by atoms with E-state index in [4.69, 9.17) is 4.52 Å². The summed E-state index contributed by atoms with van der Waals surface area (Å²) in [5.74, 6) is 1.26. The van der Waals surface area contributed by atoms with Gasteiger partial charge < -0.3 is 9.42 Å². The van der Waals surface area contributed by atoms with E-state index in [-0.39, 0.29) is 18.0 Å². The van der Waals surface area contributed by atoms with Gasteiger partial charge in [-0.25, -0.2) is 0 Å². The van der Waals surface area contributed by atoms with Crippen molar-refractivity contribution in [3.05, 3.63) is 42.1 Å². The summed E-state index contributed by atoms with van der Waals surface area (Å²) in [5.41, 5.74) is 1.33. The fourth-order valence-electron chi connectivity index (χ4n) is 3.57. The lowest BCUT2D eigenvalue weighted by atomic mass is 9.88. The lowest BCUT2D eigenvalue weighted by Gasteiger charge is -2.41. The third-order valence-corrected chi connectivity index (χ3v) is 4.46. The Balaban J connectivity index is 1.82. The van der Waals surface area contributed by atoms with Crippen LogP contribution in [0.5, 0.6) is 0 Å². The van der Waals surface area contributed by atoms with Crippen molar-refractivity contribution in [1.29, 1.82) is 0 Å². The first-order chi connectivity index (χ1) is 10.6. The molecule has 2 aromatic rings. The van der Waals surface area contributed by atoms with Gasteiger partial charge in [0, 0.05) is 23.7 Å². The van der Waals surface area contributed by atoms with E-state index in [1.54, 1.807) is 6.07 Å². The van der Waals surface area contributed by atoms with Crippen molar-refractivity contribution in [1.82, 2.24) is 10.1 Å². The molecule has 0 N–H and O–H groups in total. The highest BCUT2D eigenvalue weighted by molar-refractivity contribution is 5.93. The summed E-state index contributed by atoms with van der Waals surface area (Å²) >= 11 is 0. The molecular weight excluding hydrogens is 276 g/mol. The highest BCUT2D eigenvalue weighted by atomic mass is 16.5. The molecule has 0 saturated carbocycles. The van der Waals surface area contributed by atoms with E-state index in [0.29, 0.717) is 17.4 Å². The first-order valence-electron chi connectivity index (χ1n) is 7.91. The van der Waals surface area contributed by atoms with Crippen LogP contribution in [0.25, 0.3) is 11.3 Å². The molecular formula is C18H22N2O2. The topological polar surface area (TPSA) is 46.3 Å². The molecule has 22 heavy (non-hydrogen) atoms. The van der Waals surface area contributed by atoms with Crippen LogP contribution < -0.4 is 0 Å². The molecule has 1 aliphatic rings. The van der Waals surface area contributed by atoms with Gasteiger partial charge in [0.25, 0.3) is 5.91 Å². The first kappa shape index (κ1) is 14.8. The van der Waals surface area contributed by atoms with Crippen LogP contribution in [0.15, 0.2) is 40.9 Å². The smallest absolute Gasteiger partial charge is 0.276 e. The van der Waals surface area contributed by atoms with E-state index in [1.807, 2.05) is 35.2 Å². The van der Waals surface area contributed by atoms with Crippen LogP contribution in [0, 0.1) is 5.92 Å². The van der Waals surface area contributed by atoms with Gasteiger partial charge >= 0.3 is 0 Å². The molecule has 116 valence electrons. The number of carbonyl (C=O) groups excluding carboxylic acids is 1. The van der Waals surface area contributed by atoms with Crippen molar-refractivity contribution in [2.24, 2.45) is 5.92 Å². The second kappa shape index (κ2) is 5.95. The molecule has 2 heterocycles. The standard InChI is InChI=1S/C18H22N2O2/c1-12-9-13(2)20(14(3)10-12)18(21)16-11-17(22-19-16)15-7-5-4-6-8-15/h4-8,11-14H,9-10H2,1-3H3/t13-,14-/m1/s1. The predicted octanol–water partition coefficient (Wildman–Crippen LogP) is 3.99. The molecule has 0 bridgehead atoms. The van der Waals surface area contributed by atoms with Crippen molar-refractivity contribution in [2.75, 3.05) is 0 Å². The summed E-state index contributed by atoms with van der Waals surface area (Å²) < 4.78 is 5.36. The lowest BCUT2D eigenvalue weighted by molar-refractivity contribution is 0.0424. The molecule has 1 aromatic carbocycles. The number of nitrogens with zero attached hydrogens (tertiary/aromatic N) is 2. The zero-order chi connectivity index (χ0) is 15.7. The van der Waals surface area contributed by atoms with Gasteiger partial charge in [-0.2, -0.15) is 0 Å². The minimum atomic E-state index is -0.0298. The summed E-state index contributed by atoms with van der Waals surface area (Å²) in [5, 5.41) is 3.99. The third kappa shape index (κ3) is 2.78. The fraction of sp³-hybridized carbons (Fsp3) is 0.444. The largest absolute Gasteiger partial charge is 0.355 e. The Labute approximate surface area is 131 Å². The number of likely N-dealkylation sites (tertiary alicyclic amines) is 1. The van der Waals surface area contributed by atoms with Crippen molar-refractivity contribution in [2.45, 2.75) is 45.7 Å². The molecule has 1 aromatic heterocycles. The number of aromatic nitrogens is 1.